The molecule has 0 spiro atoms. The van der Waals surface area contributed by atoms with E-state index in [1.54, 1.807) is 0 Å². The summed E-state index contributed by atoms with van der Waals surface area (Å²) in [7, 11) is 1.13. The average molecular weight is 474 g/mol. The standard InChI is InChI=1S/C22H20F6N2O3/c1-9-15(10-4-5-13(24)16(25)18(10)32-3)19(33-21(9,2)22(26,27)28)20-29-14-7-6-12(23)11(8-31)17(14)30-20/h4-10,15,18-19H,1-3H3,(H,29,30)/t9?,10?,15?,18?,19-,21-/m1/s1. The minimum absolute atomic E-state index is 0.0739. The summed E-state index contributed by atoms with van der Waals surface area (Å²) in [4.78, 5) is 18.3. The first-order chi connectivity index (χ1) is 15.4. The van der Waals surface area contributed by atoms with Crippen LogP contribution in [0.3, 0.4) is 0 Å². The number of nitrogens with one attached hydrogen (secondary N) is 1. The molecule has 0 bridgehead atoms. The van der Waals surface area contributed by atoms with Crippen LogP contribution in [0.2, 0.25) is 0 Å². The number of allylic oxidation sites excluding steroid dienone is 2. The van der Waals surface area contributed by atoms with E-state index in [-0.39, 0.29) is 28.7 Å². The van der Waals surface area contributed by atoms with Crippen LogP contribution in [0.1, 0.15) is 36.1 Å². The van der Waals surface area contributed by atoms with Gasteiger partial charge in [0.1, 0.15) is 29.4 Å². The fraction of sp³-hybridized carbons (Fsp3) is 0.455. The fourth-order valence-corrected chi connectivity index (χ4v) is 4.79. The third-order valence-electron chi connectivity index (χ3n) is 6.77. The Bertz CT molecular complexity index is 1160. The second-order valence-electron chi connectivity index (χ2n) is 8.40. The molecule has 4 unspecified atom stereocenters. The van der Waals surface area contributed by atoms with E-state index < -0.39 is 59.2 Å². The summed E-state index contributed by atoms with van der Waals surface area (Å²) in [6.07, 6.45) is -5.29. The molecule has 1 saturated heterocycles. The van der Waals surface area contributed by atoms with Crippen molar-refractivity contribution in [3.63, 3.8) is 0 Å². The van der Waals surface area contributed by atoms with Crippen molar-refractivity contribution in [1.29, 1.82) is 0 Å². The first kappa shape index (κ1) is 23.5. The summed E-state index contributed by atoms with van der Waals surface area (Å²) < 4.78 is 95.2. The largest absolute Gasteiger partial charge is 0.417 e. The summed E-state index contributed by atoms with van der Waals surface area (Å²) in [5.41, 5.74) is -2.87. The Morgan fingerprint density at radius 2 is 1.94 bits per heavy atom. The molecule has 1 N–H and O–H groups in total. The topological polar surface area (TPSA) is 64.2 Å². The van der Waals surface area contributed by atoms with E-state index in [2.05, 4.69) is 9.97 Å². The molecule has 1 aromatic heterocycles. The van der Waals surface area contributed by atoms with Gasteiger partial charge in [0.05, 0.1) is 11.1 Å². The van der Waals surface area contributed by atoms with Gasteiger partial charge in [0.25, 0.3) is 0 Å². The number of benzene rings is 1. The number of methoxy groups -OCH3 is 1. The number of ether oxygens (including phenoxy) is 2. The average Bonchev–Trinajstić information content (AvgIpc) is 3.29. The number of carbonyl (C=O) groups excluding carboxylic acids is 1. The lowest BCUT2D eigenvalue weighted by molar-refractivity contribution is -0.275. The minimum atomic E-state index is -4.80. The molecule has 33 heavy (non-hydrogen) atoms. The normalized spacial score (nSPS) is 32.7. The molecule has 178 valence electrons. The number of carbonyl (C=O) groups is 1. The van der Waals surface area contributed by atoms with Crippen LogP contribution >= 0.6 is 0 Å². The maximum atomic E-state index is 14.5. The lowest BCUT2D eigenvalue weighted by Crippen LogP contribution is -2.48. The highest BCUT2D eigenvalue weighted by Gasteiger charge is 2.66. The summed E-state index contributed by atoms with van der Waals surface area (Å²) in [5.74, 6) is -6.68. The molecule has 0 radical (unpaired) electrons. The highest BCUT2D eigenvalue weighted by molar-refractivity contribution is 5.94. The molecule has 0 amide bonds. The maximum absolute atomic E-state index is 14.5. The van der Waals surface area contributed by atoms with Crippen LogP contribution in [-0.2, 0) is 9.47 Å². The highest BCUT2D eigenvalue weighted by atomic mass is 19.4. The van der Waals surface area contributed by atoms with Crippen molar-refractivity contribution in [3.8, 4) is 0 Å². The molecule has 1 fully saturated rings. The second-order valence-corrected chi connectivity index (χ2v) is 8.40. The molecular weight excluding hydrogens is 454 g/mol. The van der Waals surface area contributed by atoms with Gasteiger partial charge < -0.3 is 14.5 Å². The number of imidazole rings is 1. The molecule has 1 aliphatic heterocycles. The van der Waals surface area contributed by atoms with E-state index in [0.717, 1.165) is 26.2 Å². The zero-order chi connectivity index (χ0) is 24.3. The van der Waals surface area contributed by atoms with E-state index >= 15 is 0 Å². The number of aromatic nitrogens is 2. The predicted molar refractivity (Wildman–Crippen MR) is 105 cm³/mol. The monoisotopic (exact) mass is 474 g/mol. The van der Waals surface area contributed by atoms with Crippen LogP contribution in [0.5, 0.6) is 0 Å². The maximum Gasteiger partial charge on any atom is 0.417 e. The molecule has 2 aliphatic rings. The predicted octanol–water partition coefficient (Wildman–Crippen LogP) is 5.51. The van der Waals surface area contributed by atoms with Gasteiger partial charge in [0.2, 0.25) is 0 Å². The number of alkyl halides is 3. The van der Waals surface area contributed by atoms with Crippen molar-refractivity contribution in [2.24, 2.45) is 17.8 Å². The van der Waals surface area contributed by atoms with Gasteiger partial charge in [-0.3, -0.25) is 4.79 Å². The summed E-state index contributed by atoms with van der Waals surface area (Å²) in [6.45, 7) is 2.19. The van der Waals surface area contributed by atoms with Gasteiger partial charge in [-0.25, -0.2) is 18.2 Å². The van der Waals surface area contributed by atoms with E-state index in [4.69, 9.17) is 9.47 Å². The zero-order valence-corrected chi connectivity index (χ0v) is 17.7. The Labute approximate surface area is 184 Å². The molecule has 1 aliphatic carbocycles. The summed E-state index contributed by atoms with van der Waals surface area (Å²) in [5, 5.41) is 0. The molecule has 4 rings (SSSR count). The number of aldehydes is 1. The second kappa shape index (κ2) is 7.98. The van der Waals surface area contributed by atoms with Gasteiger partial charge in [-0.15, -0.1) is 0 Å². The van der Waals surface area contributed by atoms with Crippen molar-refractivity contribution >= 4 is 17.3 Å². The lowest BCUT2D eigenvalue weighted by atomic mass is 9.71. The SMILES string of the molecule is COC1C(F)=C(F)C=CC1C1C(C)[C@](C)(C(F)(F)F)O[C@H]1c1nc2c(C=O)c(F)ccc2[nH]1. The molecule has 5 nitrogen and oxygen atoms in total. The summed E-state index contributed by atoms with van der Waals surface area (Å²) >= 11 is 0. The van der Waals surface area contributed by atoms with E-state index in [1.807, 2.05) is 0 Å². The van der Waals surface area contributed by atoms with Crippen LogP contribution in [0.4, 0.5) is 26.3 Å². The van der Waals surface area contributed by atoms with E-state index in [0.29, 0.717) is 0 Å². The number of rotatable bonds is 4. The zero-order valence-electron chi connectivity index (χ0n) is 17.7. The third kappa shape index (κ3) is 3.48. The van der Waals surface area contributed by atoms with Crippen molar-refractivity contribution in [2.75, 3.05) is 7.11 Å². The Hall–Kier alpha value is -2.66. The molecule has 2 heterocycles. The van der Waals surface area contributed by atoms with Crippen LogP contribution in [-0.4, -0.2) is 41.2 Å². The van der Waals surface area contributed by atoms with Gasteiger partial charge in [-0.05, 0) is 25.1 Å². The van der Waals surface area contributed by atoms with Crippen molar-refractivity contribution in [1.82, 2.24) is 9.97 Å². The Morgan fingerprint density at radius 3 is 2.55 bits per heavy atom. The quantitative estimate of drug-likeness (QED) is 0.469. The molecule has 1 aromatic carbocycles. The first-order valence-electron chi connectivity index (χ1n) is 10.1. The van der Waals surface area contributed by atoms with Gasteiger partial charge in [0, 0.05) is 24.9 Å². The minimum Gasteiger partial charge on any atom is -0.374 e. The first-order valence-corrected chi connectivity index (χ1v) is 10.1. The number of nitrogens with zero attached hydrogens (tertiary/aromatic N) is 1. The Kier molecular flexibility index (Phi) is 5.68. The van der Waals surface area contributed by atoms with Crippen LogP contribution < -0.4 is 0 Å². The van der Waals surface area contributed by atoms with Gasteiger partial charge in [0.15, 0.2) is 23.5 Å². The van der Waals surface area contributed by atoms with Gasteiger partial charge in [-0.2, -0.15) is 13.2 Å². The number of H-pyrrole nitrogens is 1. The van der Waals surface area contributed by atoms with Gasteiger partial charge in [-0.1, -0.05) is 13.0 Å². The molecule has 11 heteroatoms. The number of aromatic amines is 1. The molecular formula is C22H20F6N2O3. The third-order valence-corrected chi connectivity index (χ3v) is 6.77. The smallest absolute Gasteiger partial charge is 0.374 e. The molecule has 2 aromatic rings. The number of fused-ring (bicyclic) bond motifs is 1. The van der Waals surface area contributed by atoms with Gasteiger partial charge >= 0.3 is 6.18 Å². The summed E-state index contributed by atoms with van der Waals surface area (Å²) in [6, 6.07) is 2.32. The highest BCUT2D eigenvalue weighted by Crippen LogP contribution is 2.58. The van der Waals surface area contributed by atoms with Crippen molar-refractivity contribution in [2.45, 2.75) is 37.8 Å². The lowest BCUT2D eigenvalue weighted by Gasteiger charge is -2.36. The van der Waals surface area contributed by atoms with E-state index in [9.17, 15) is 31.1 Å². The fourth-order valence-electron chi connectivity index (χ4n) is 4.79. The van der Waals surface area contributed by atoms with Crippen LogP contribution in [0.15, 0.2) is 35.9 Å². The van der Waals surface area contributed by atoms with E-state index in [1.165, 1.54) is 19.1 Å². The van der Waals surface area contributed by atoms with Crippen molar-refractivity contribution in [3.05, 3.63) is 53.1 Å². The Balaban J connectivity index is 1.87. The van der Waals surface area contributed by atoms with Crippen LogP contribution in [0, 0.1) is 23.6 Å². The Morgan fingerprint density at radius 1 is 1.24 bits per heavy atom. The van der Waals surface area contributed by atoms with Crippen LogP contribution in [0.25, 0.3) is 11.0 Å². The molecule has 6 atom stereocenters. The number of hydrogen-bond donors (Lipinski definition) is 1. The number of hydrogen-bond acceptors (Lipinski definition) is 4. The van der Waals surface area contributed by atoms with Crippen molar-refractivity contribution < 1.29 is 40.6 Å². The number of halogens is 6. The molecule has 0 saturated carbocycles.